The molecule has 3 N–H and O–H groups in total. The second kappa shape index (κ2) is 11.7. The lowest BCUT2D eigenvalue weighted by molar-refractivity contribution is -0.141. The first-order valence-electron chi connectivity index (χ1n) is 14.5. The van der Waals surface area contributed by atoms with Crippen molar-refractivity contribution in [3.63, 3.8) is 0 Å². The standard InChI is InChI=1S/C28H44N4O7S/c1-27(2,3)39-26(36)29-20-12-9-7-5-6-8-11-18-17-19(18)22(24(34)31-40(37,38)28(4)14-15-28)30-23(33)21-13-10-16-32(21)25(20)35/h8,11,18-22H,5-7,9-10,12-17H2,1-4H3,(H,29,36)(H,30,33)(H,31,34). The van der Waals surface area contributed by atoms with E-state index < -0.39 is 56.4 Å². The lowest BCUT2D eigenvalue weighted by Crippen LogP contribution is -2.57. The molecule has 2 saturated carbocycles. The summed E-state index contributed by atoms with van der Waals surface area (Å²) in [5, 5.41) is 5.52. The highest BCUT2D eigenvalue weighted by molar-refractivity contribution is 7.91. The van der Waals surface area contributed by atoms with Gasteiger partial charge in [0.25, 0.3) is 5.91 Å². The SMILES string of the molecule is CC(C)(C)OC(=O)NC1CCCCCC=CC2CC2C(C(=O)NS(=O)(=O)C2(C)CC2)NC(=O)C2CCCN2C1=O. The molecule has 2 aliphatic heterocycles. The summed E-state index contributed by atoms with van der Waals surface area (Å²) in [6.07, 6.45) is 9.82. The van der Waals surface area contributed by atoms with E-state index in [0.717, 1.165) is 25.7 Å². The van der Waals surface area contributed by atoms with E-state index in [-0.39, 0.29) is 17.7 Å². The molecule has 40 heavy (non-hydrogen) atoms. The topological polar surface area (TPSA) is 151 Å². The van der Waals surface area contributed by atoms with Gasteiger partial charge in [0.05, 0.1) is 4.75 Å². The average molecular weight is 581 g/mol. The Morgan fingerprint density at radius 1 is 1.10 bits per heavy atom. The molecule has 4 amide bonds. The fraction of sp³-hybridized carbons (Fsp3) is 0.786. The number of nitrogens with zero attached hydrogens (tertiary/aromatic N) is 1. The summed E-state index contributed by atoms with van der Waals surface area (Å²) < 4.78 is 32.2. The van der Waals surface area contributed by atoms with Crippen molar-refractivity contribution in [1.29, 1.82) is 0 Å². The molecule has 4 aliphatic rings. The maximum atomic E-state index is 13.7. The Morgan fingerprint density at radius 3 is 2.50 bits per heavy atom. The minimum absolute atomic E-state index is 0.0758. The van der Waals surface area contributed by atoms with E-state index in [0.29, 0.717) is 45.1 Å². The van der Waals surface area contributed by atoms with E-state index in [2.05, 4.69) is 27.5 Å². The second-order valence-electron chi connectivity index (χ2n) is 12.9. The van der Waals surface area contributed by atoms with Crippen LogP contribution in [0.1, 0.15) is 91.9 Å². The molecule has 0 bridgehead atoms. The summed E-state index contributed by atoms with van der Waals surface area (Å²) in [7, 11) is -3.87. The van der Waals surface area contributed by atoms with Gasteiger partial charge in [0.1, 0.15) is 23.7 Å². The van der Waals surface area contributed by atoms with Gasteiger partial charge in [0.2, 0.25) is 21.8 Å². The van der Waals surface area contributed by atoms with Crippen molar-refractivity contribution in [3.8, 4) is 0 Å². The Kier molecular flexibility index (Phi) is 8.87. The molecule has 11 nitrogen and oxygen atoms in total. The zero-order valence-electron chi connectivity index (χ0n) is 24.0. The molecular formula is C28H44N4O7S. The summed E-state index contributed by atoms with van der Waals surface area (Å²) >= 11 is 0. The van der Waals surface area contributed by atoms with Gasteiger partial charge >= 0.3 is 6.09 Å². The molecule has 2 heterocycles. The number of hydrogen-bond donors (Lipinski definition) is 3. The molecule has 0 aromatic carbocycles. The highest BCUT2D eigenvalue weighted by atomic mass is 32.2. The van der Waals surface area contributed by atoms with Crippen LogP contribution in [-0.2, 0) is 29.1 Å². The first-order chi connectivity index (χ1) is 18.7. The number of alkyl carbamates (subject to hydrolysis) is 1. The normalized spacial score (nSPS) is 30.9. The van der Waals surface area contributed by atoms with Gasteiger partial charge in [-0.25, -0.2) is 13.2 Å². The van der Waals surface area contributed by atoms with E-state index in [4.69, 9.17) is 4.74 Å². The Bertz CT molecular complexity index is 1140. The summed E-state index contributed by atoms with van der Waals surface area (Å²) in [6, 6.07) is -2.69. The van der Waals surface area contributed by atoms with Crippen LogP contribution >= 0.6 is 0 Å². The third-order valence-electron chi connectivity index (χ3n) is 8.31. The zero-order chi connectivity index (χ0) is 29.3. The summed E-state index contributed by atoms with van der Waals surface area (Å²) in [6.45, 7) is 7.19. The van der Waals surface area contributed by atoms with Gasteiger partial charge in [-0.3, -0.25) is 19.1 Å². The number of sulfonamides is 1. The third-order valence-corrected chi connectivity index (χ3v) is 10.5. The summed E-state index contributed by atoms with van der Waals surface area (Å²) in [5.74, 6) is -1.72. The molecular weight excluding hydrogens is 536 g/mol. The Hall–Kier alpha value is -2.63. The van der Waals surface area contributed by atoms with Gasteiger partial charge in [-0.15, -0.1) is 0 Å². The van der Waals surface area contributed by atoms with E-state index >= 15 is 0 Å². The zero-order valence-corrected chi connectivity index (χ0v) is 24.8. The molecule has 5 unspecified atom stereocenters. The van der Waals surface area contributed by atoms with Gasteiger partial charge in [0, 0.05) is 6.54 Å². The molecule has 12 heteroatoms. The summed E-state index contributed by atoms with van der Waals surface area (Å²) in [4.78, 5) is 54.5. The van der Waals surface area contributed by atoms with E-state index in [1.165, 1.54) is 4.90 Å². The predicted molar refractivity (Wildman–Crippen MR) is 148 cm³/mol. The number of rotatable bonds is 4. The first-order valence-corrected chi connectivity index (χ1v) is 16.0. The number of allylic oxidation sites excluding steroid dienone is 2. The van der Waals surface area contributed by atoms with Crippen LogP contribution in [0.15, 0.2) is 12.2 Å². The van der Waals surface area contributed by atoms with Gasteiger partial charge in [0.15, 0.2) is 0 Å². The predicted octanol–water partition coefficient (Wildman–Crippen LogP) is 2.51. The lowest BCUT2D eigenvalue weighted by Gasteiger charge is -2.30. The Labute approximate surface area is 237 Å². The minimum atomic E-state index is -3.87. The summed E-state index contributed by atoms with van der Waals surface area (Å²) in [5.41, 5.74) is -0.728. The van der Waals surface area contributed by atoms with Crippen LogP contribution < -0.4 is 15.4 Å². The van der Waals surface area contributed by atoms with Crippen LogP contribution in [0.2, 0.25) is 0 Å². The molecule has 3 fully saturated rings. The van der Waals surface area contributed by atoms with Crippen molar-refractivity contribution < 1.29 is 32.3 Å². The van der Waals surface area contributed by atoms with Crippen LogP contribution in [0.5, 0.6) is 0 Å². The Morgan fingerprint density at radius 2 is 1.82 bits per heavy atom. The largest absolute Gasteiger partial charge is 0.444 e. The monoisotopic (exact) mass is 580 g/mol. The number of nitrogens with one attached hydrogen (secondary N) is 3. The van der Waals surface area contributed by atoms with Crippen LogP contribution in [0.3, 0.4) is 0 Å². The van der Waals surface area contributed by atoms with Crippen molar-refractivity contribution in [2.75, 3.05) is 6.54 Å². The molecule has 4 rings (SSSR count). The number of fused-ring (bicyclic) bond motifs is 2. The average Bonchev–Trinajstić information content (AvgIpc) is 3.74. The first kappa shape index (κ1) is 30.3. The maximum absolute atomic E-state index is 13.7. The van der Waals surface area contributed by atoms with E-state index in [9.17, 15) is 27.6 Å². The van der Waals surface area contributed by atoms with Gasteiger partial charge in [-0.2, -0.15) is 0 Å². The minimum Gasteiger partial charge on any atom is -0.444 e. The molecule has 1 saturated heterocycles. The number of carbonyl (C=O) groups excluding carboxylic acids is 4. The quantitative estimate of drug-likeness (QED) is 0.432. The lowest BCUT2D eigenvalue weighted by atomic mass is 10.0. The molecule has 224 valence electrons. The van der Waals surface area contributed by atoms with E-state index in [1.807, 2.05) is 0 Å². The second-order valence-corrected chi connectivity index (χ2v) is 15.1. The van der Waals surface area contributed by atoms with Gasteiger partial charge < -0.3 is 20.3 Å². The van der Waals surface area contributed by atoms with Crippen molar-refractivity contribution in [1.82, 2.24) is 20.3 Å². The fourth-order valence-corrected chi connectivity index (χ4v) is 6.77. The van der Waals surface area contributed by atoms with Gasteiger partial charge in [-0.1, -0.05) is 25.0 Å². The van der Waals surface area contributed by atoms with Crippen LogP contribution in [0.25, 0.3) is 0 Å². The molecule has 0 radical (unpaired) electrons. The molecule has 0 aromatic rings. The third kappa shape index (κ3) is 7.36. The van der Waals surface area contributed by atoms with Crippen LogP contribution in [0, 0.1) is 11.8 Å². The number of hydrogen-bond acceptors (Lipinski definition) is 7. The molecule has 0 aromatic heterocycles. The maximum Gasteiger partial charge on any atom is 0.408 e. The highest BCUT2D eigenvalue weighted by Crippen LogP contribution is 2.44. The van der Waals surface area contributed by atoms with E-state index in [1.54, 1.807) is 27.7 Å². The Balaban J connectivity index is 1.54. The smallest absolute Gasteiger partial charge is 0.408 e. The number of ether oxygens (including phenoxy) is 1. The number of amides is 4. The molecule has 2 aliphatic carbocycles. The van der Waals surface area contributed by atoms with Crippen molar-refractivity contribution in [2.24, 2.45) is 11.8 Å². The van der Waals surface area contributed by atoms with Crippen LogP contribution in [-0.4, -0.2) is 72.2 Å². The van der Waals surface area contributed by atoms with Gasteiger partial charge in [-0.05, 0) is 90.9 Å². The van der Waals surface area contributed by atoms with Crippen molar-refractivity contribution in [3.05, 3.63) is 12.2 Å². The van der Waals surface area contributed by atoms with Crippen LogP contribution in [0.4, 0.5) is 4.79 Å². The molecule has 5 atom stereocenters. The fourth-order valence-electron chi connectivity index (χ4n) is 5.49. The van der Waals surface area contributed by atoms with Crippen molar-refractivity contribution in [2.45, 2.75) is 120 Å². The van der Waals surface area contributed by atoms with Crippen molar-refractivity contribution >= 4 is 33.8 Å². The number of carbonyl (C=O) groups is 4. The highest BCUT2D eigenvalue weighted by Gasteiger charge is 2.53. The molecule has 0 spiro atoms.